The van der Waals surface area contributed by atoms with E-state index in [0.29, 0.717) is 6.61 Å². The van der Waals surface area contributed by atoms with E-state index in [0.717, 1.165) is 50.1 Å². The van der Waals surface area contributed by atoms with E-state index in [2.05, 4.69) is 28.6 Å². The molecule has 1 aromatic heterocycles. The molecule has 0 unspecified atom stereocenters. The van der Waals surface area contributed by atoms with E-state index in [1.165, 1.54) is 0 Å². The number of hydrogen-bond donors (Lipinski definition) is 3. The predicted molar refractivity (Wildman–Crippen MR) is 72.4 cm³/mol. The fraction of sp³-hybridized carbons (Fsp3) is 0.615. The zero-order valence-electron chi connectivity index (χ0n) is 10.6. The largest absolute Gasteiger partial charge is 0.396 e. The molecular formula is C13H23N3O. The maximum atomic E-state index is 8.65. The quantitative estimate of drug-likeness (QED) is 0.578. The lowest BCUT2D eigenvalue weighted by atomic mass is 10.2. The predicted octanol–water partition coefficient (Wildman–Crippen LogP) is 2.48. The van der Waals surface area contributed by atoms with Gasteiger partial charge in [0.15, 0.2) is 0 Å². The number of nitrogens with one attached hydrogen (secondary N) is 2. The molecule has 0 amide bonds. The normalized spacial score (nSPS) is 10.2. The number of aromatic nitrogens is 1. The average molecular weight is 237 g/mol. The summed E-state index contributed by atoms with van der Waals surface area (Å²) in [6.45, 7) is 4.25. The van der Waals surface area contributed by atoms with Crippen molar-refractivity contribution in [1.29, 1.82) is 0 Å². The summed E-state index contributed by atoms with van der Waals surface area (Å²) < 4.78 is 0. The average Bonchev–Trinajstić information content (AvgIpc) is 2.35. The van der Waals surface area contributed by atoms with Crippen LogP contribution in [0.5, 0.6) is 0 Å². The first-order valence-electron chi connectivity index (χ1n) is 6.40. The van der Waals surface area contributed by atoms with Crippen LogP contribution in [0.3, 0.4) is 0 Å². The summed E-state index contributed by atoms with van der Waals surface area (Å²) in [4.78, 5) is 4.17. The molecule has 1 heterocycles. The van der Waals surface area contributed by atoms with E-state index in [1.807, 2.05) is 12.4 Å². The van der Waals surface area contributed by atoms with Gasteiger partial charge in [0.1, 0.15) is 0 Å². The van der Waals surface area contributed by atoms with Crippen molar-refractivity contribution in [2.45, 2.75) is 32.6 Å². The summed E-state index contributed by atoms with van der Waals surface area (Å²) in [7, 11) is 0. The fourth-order valence-corrected chi connectivity index (χ4v) is 1.66. The van der Waals surface area contributed by atoms with Gasteiger partial charge in [-0.3, -0.25) is 4.98 Å². The topological polar surface area (TPSA) is 57.2 Å². The summed E-state index contributed by atoms with van der Waals surface area (Å²) in [6.07, 6.45) is 7.98. The molecule has 0 radical (unpaired) electrons. The van der Waals surface area contributed by atoms with Crippen LogP contribution >= 0.6 is 0 Å². The van der Waals surface area contributed by atoms with Gasteiger partial charge in [0, 0.05) is 19.7 Å². The van der Waals surface area contributed by atoms with Crippen molar-refractivity contribution in [1.82, 2.24) is 4.98 Å². The minimum absolute atomic E-state index is 0.308. The maximum absolute atomic E-state index is 8.65. The molecule has 17 heavy (non-hydrogen) atoms. The highest BCUT2D eigenvalue weighted by atomic mass is 16.2. The second-order valence-corrected chi connectivity index (χ2v) is 4.06. The Morgan fingerprint density at radius 1 is 1.06 bits per heavy atom. The van der Waals surface area contributed by atoms with Crippen LogP contribution in [-0.2, 0) is 0 Å². The standard InChI is InChI=1S/C13H23N3O/c1-2-15-12-9-13(11-14-10-12)16-7-5-3-4-6-8-17/h9-11,15-17H,2-8H2,1H3. The van der Waals surface area contributed by atoms with Gasteiger partial charge in [-0.15, -0.1) is 0 Å². The zero-order valence-corrected chi connectivity index (χ0v) is 10.6. The third kappa shape index (κ3) is 6.12. The number of rotatable bonds is 9. The molecule has 3 N–H and O–H groups in total. The van der Waals surface area contributed by atoms with Crippen molar-refractivity contribution in [3.8, 4) is 0 Å². The van der Waals surface area contributed by atoms with E-state index in [4.69, 9.17) is 5.11 Å². The van der Waals surface area contributed by atoms with E-state index in [9.17, 15) is 0 Å². The van der Waals surface area contributed by atoms with Gasteiger partial charge in [-0.05, 0) is 25.8 Å². The summed E-state index contributed by atoms with van der Waals surface area (Å²) in [5, 5.41) is 15.2. The van der Waals surface area contributed by atoms with Gasteiger partial charge in [-0.25, -0.2) is 0 Å². The Morgan fingerprint density at radius 2 is 1.76 bits per heavy atom. The van der Waals surface area contributed by atoms with Crippen molar-refractivity contribution in [3.05, 3.63) is 18.5 Å². The number of nitrogens with zero attached hydrogens (tertiary/aromatic N) is 1. The van der Waals surface area contributed by atoms with Crippen molar-refractivity contribution in [2.75, 3.05) is 30.3 Å². The third-order valence-corrected chi connectivity index (χ3v) is 2.53. The van der Waals surface area contributed by atoms with Crippen LogP contribution in [0.1, 0.15) is 32.6 Å². The fourth-order valence-electron chi connectivity index (χ4n) is 1.66. The Bertz CT molecular complexity index is 304. The Morgan fingerprint density at radius 3 is 2.47 bits per heavy atom. The lowest BCUT2D eigenvalue weighted by Crippen LogP contribution is -2.03. The minimum atomic E-state index is 0.308. The molecule has 0 aliphatic heterocycles. The Hall–Kier alpha value is -1.29. The van der Waals surface area contributed by atoms with Crippen molar-refractivity contribution in [3.63, 3.8) is 0 Å². The molecule has 0 atom stereocenters. The first-order chi connectivity index (χ1) is 8.36. The summed E-state index contributed by atoms with van der Waals surface area (Å²) in [5.41, 5.74) is 2.11. The number of unbranched alkanes of at least 4 members (excludes halogenated alkanes) is 3. The number of anilines is 2. The third-order valence-electron chi connectivity index (χ3n) is 2.53. The molecule has 0 saturated carbocycles. The van der Waals surface area contributed by atoms with Crippen LogP contribution in [0.2, 0.25) is 0 Å². The highest BCUT2D eigenvalue weighted by Crippen LogP contribution is 2.12. The molecule has 0 bridgehead atoms. The van der Waals surface area contributed by atoms with Crippen molar-refractivity contribution in [2.24, 2.45) is 0 Å². The molecule has 0 aliphatic rings. The number of aliphatic hydroxyl groups is 1. The molecule has 0 spiro atoms. The molecule has 1 rings (SSSR count). The van der Waals surface area contributed by atoms with E-state index >= 15 is 0 Å². The van der Waals surface area contributed by atoms with Crippen molar-refractivity contribution >= 4 is 11.4 Å². The lowest BCUT2D eigenvalue weighted by Gasteiger charge is -2.08. The molecule has 0 fully saturated rings. The van der Waals surface area contributed by atoms with Gasteiger partial charge in [0.05, 0.1) is 23.8 Å². The number of aliphatic hydroxyl groups excluding tert-OH is 1. The highest BCUT2D eigenvalue weighted by molar-refractivity contribution is 5.53. The SMILES string of the molecule is CCNc1cncc(NCCCCCCO)c1. The van der Waals surface area contributed by atoms with Gasteiger partial charge >= 0.3 is 0 Å². The Kier molecular flexibility index (Phi) is 7.14. The smallest absolute Gasteiger partial charge is 0.0547 e. The van der Waals surface area contributed by atoms with Crippen LogP contribution in [0.4, 0.5) is 11.4 Å². The number of hydrogen-bond acceptors (Lipinski definition) is 4. The van der Waals surface area contributed by atoms with Crippen molar-refractivity contribution < 1.29 is 5.11 Å². The van der Waals surface area contributed by atoms with Crippen LogP contribution in [0.15, 0.2) is 18.5 Å². The van der Waals surface area contributed by atoms with E-state index in [-0.39, 0.29) is 0 Å². The summed E-state index contributed by atoms with van der Waals surface area (Å²) >= 11 is 0. The van der Waals surface area contributed by atoms with E-state index in [1.54, 1.807) is 0 Å². The molecule has 96 valence electrons. The van der Waals surface area contributed by atoms with Crippen LogP contribution in [0, 0.1) is 0 Å². The van der Waals surface area contributed by atoms with Crippen LogP contribution in [-0.4, -0.2) is 29.8 Å². The van der Waals surface area contributed by atoms with E-state index < -0.39 is 0 Å². The first kappa shape index (κ1) is 13.8. The Balaban J connectivity index is 2.19. The monoisotopic (exact) mass is 237 g/mol. The highest BCUT2D eigenvalue weighted by Gasteiger charge is 1.95. The van der Waals surface area contributed by atoms with Crippen LogP contribution in [0.25, 0.3) is 0 Å². The molecule has 4 nitrogen and oxygen atoms in total. The van der Waals surface area contributed by atoms with Gasteiger partial charge in [-0.1, -0.05) is 12.8 Å². The van der Waals surface area contributed by atoms with Crippen LogP contribution < -0.4 is 10.6 Å². The summed E-state index contributed by atoms with van der Waals surface area (Å²) in [5.74, 6) is 0. The molecule has 0 aromatic carbocycles. The Labute approximate surface area is 103 Å². The molecule has 0 saturated heterocycles. The van der Waals surface area contributed by atoms with Gasteiger partial charge in [0.2, 0.25) is 0 Å². The maximum Gasteiger partial charge on any atom is 0.0547 e. The van der Waals surface area contributed by atoms with Gasteiger partial charge in [0.25, 0.3) is 0 Å². The van der Waals surface area contributed by atoms with Gasteiger partial charge in [-0.2, -0.15) is 0 Å². The molecule has 4 heteroatoms. The molecule has 1 aromatic rings. The minimum Gasteiger partial charge on any atom is -0.396 e. The molecular weight excluding hydrogens is 214 g/mol. The molecule has 0 aliphatic carbocycles. The second-order valence-electron chi connectivity index (χ2n) is 4.06. The van der Waals surface area contributed by atoms with Gasteiger partial charge < -0.3 is 15.7 Å². The lowest BCUT2D eigenvalue weighted by molar-refractivity contribution is 0.283. The second kappa shape index (κ2) is 8.82. The summed E-state index contributed by atoms with van der Waals surface area (Å²) in [6, 6.07) is 2.07. The number of pyridine rings is 1. The first-order valence-corrected chi connectivity index (χ1v) is 6.40. The zero-order chi connectivity index (χ0) is 12.3.